The van der Waals surface area contributed by atoms with E-state index in [1.54, 1.807) is 12.2 Å². The van der Waals surface area contributed by atoms with Crippen LogP contribution in [0.4, 0.5) is 4.39 Å². The maximum atomic E-state index is 12.5. The second-order valence-corrected chi connectivity index (χ2v) is 2.75. The Balaban J connectivity index is 4.32. The molecule has 0 heterocycles. The molecular formula is C12H15F. The Labute approximate surface area is 79.5 Å². The van der Waals surface area contributed by atoms with Gasteiger partial charge in [-0.1, -0.05) is 51.0 Å². The molecule has 0 saturated carbocycles. The maximum absolute atomic E-state index is 12.5. The Morgan fingerprint density at radius 1 is 1.15 bits per heavy atom. The van der Waals surface area contributed by atoms with Crippen LogP contribution in [0.1, 0.15) is 13.3 Å². The zero-order valence-electron chi connectivity index (χ0n) is 8.07. The highest BCUT2D eigenvalue weighted by molar-refractivity contribution is 5.45. The van der Waals surface area contributed by atoms with Gasteiger partial charge in [-0.05, 0) is 12.0 Å². The van der Waals surface area contributed by atoms with Crippen molar-refractivity contribution in [2.24, 2.45) is 0 Å². The Hall–Kier alpha value is -1.37. The van der Waals surface area contributed by atoms with Gasteiger partial charge in [0.05, 0.1) is 0 Å². The molecule has 0 N–H and O–H groups in total. The first-order chi connectivity index (χ1) is 5.99. The van der Waals surface area contributed by atoms with Crippen LogP contribution in [0.25, 0.3) is 0 Å². The first-order valence-corrected chi connectivity index (χ1v) is 4.07. The van der Waals surface area contributed by atoms with E-state index in [9.17, 15) is 4.39 Å². The average Bonchev–Trinajstić information content (AvgIpc) is 2.11. The van der Waals surface area contributed by atoms with Crippen molar-refractivity contribution in [2.45, 2.75) is 13.3 Å². The van der Waals surface area contributed by atoms with Gasteiger partial charge in [-0.15, -0.1) is 0 Å². The molecular weight excluding hydrogens is 163 g/mol. The molecule has 0 aliphatic rings. The van der Waals surface area contributed by atoms with Crippen LogP contribution >= 0.6 is 0 Å². The lowest BCUT2D eigenvalue weighted by atomic mass is 10.1. The number of allylic oxidation sites excluding steroid dienone is 6. The molecule has 0 atom stereocenters. The summed E-state index contributed by atoms with van der Waals surface area (Å²) >= 11 is 0. The quantitative estimate of drug-likeness (QED) is 0.556. The van der Waals surface area contributed by atoms with E-state index in [2.05, 4.69) is 26.3 Å². The molecule has 0 unspecified atom stereocenters. The summed E-state index contributed by atoms with van der Waals surface area (Å²) in [5.74, 6) is -0.545. The summed E-state index contributed by atoms with van der Waals surface area (Å²) in [4.78, 5) is 0. The molecule has 0 radical (unpaired) electrons. The highest BCUT2D eigenvalue weighted by Crippen LogP contribution is 2.16. The van der Waals surface area contributed by atoms with Gasteiger partial charge in [0.25, 0.3) is 0 Å². The van der Waals surface area contributed by atoms with E-state index in [-0.39, 0.29) is 5.57 Å². The van der Waals surface area contributed by atoms with Crippen molar-refractivity contribution in [2.75, 3.05) is 0 Å². The maximum Gasteiger partial charge on any atom is 0.123 e. The van der Waals surface area contributed by atoms with Gasteiger partial charge in [-0.25, -0.2) is 4.39 Å². The third-order valence-corrected chi connectivity index (χ3v) is 1.69. The van der Waals surface area contributed by atoms with Crippen molar-refractivity contribution >= 4 is 0 Å². The monoisotopic (exact) mass is 178 g/mol. The minimum Gasteiger partial charge on any atom is -0.207 e. The van der Waals surface area contributed by atoms with Crippen LogP contribution in [0.3, 0.4) is 0 Å². The van der Waals surface area contributed by atoms with Crippen LogP contribution in [0.15, 0.2) is 61.0 Å². The highest BCUT2D eigenvalue weighted by Gasteiger charge is 1.99. The van der Waals surface area contributed by atoms with Gasteiger partial charge in [0.2, 0.25) is 0 Å². The first kappa shape index (κ1) is 11.6. The van der Waals surface area contributed by atoms with Gasteiger partial charge in [0.1, 0.15) is 5.83 Å². The summed E-state index contributed by atoms with van der Waals surface area (Å²) in [5.41, 5.74) is 1.74. The SMILES string of the molecule is C=C(/C=C\C(=C)C(=C)C(=C)F)CC. The molecule has 0 rings (SSSR count). The highest BCUT2D eigenvalue weighted by atomic mass is 19.1. The molecule has 0 fully saturated rings. The Kier molecular flexibility index (Phi) is 4.75. The number of rotatable bonds is 5. The van der Waals surface area contributed by atoms with Crippen LogP contribution in [-0.2, 0) is 0 Å². The molecule has 70 valence electrons. The number of hydrogen-bond donors (Lipinski definition) is 0. The minimum absolute atomic E-state index is 0.236. The molecule has 13 heavy (non-hydrogen) atoms. The Morgan fingerprint density at radius 3 is 2.08 bits per heavy atom. The first-order valence-electron chi connectivity index (χ1n) is 4.07. The molecule has 0 aromatic heterocycles. The van der Waals surface area contributed by atoms with Crippen LogP contribution in [-0.4, -0.2) is 0 Å². The van der Waals surface area contributed by atoms with Crippen LogP contribution in [0.5, 0.6) is 0 Å². The topological polar surface area (TPSA) is 0 Å². The zero-order valence-corrected chi connectivity index (χ0v) is 8.07. The van der Waals surface area contributed by atoms with Crippen LogP contribution in [0, 0.1) is 0 Å². The van der Waals surface area contributed by atoms with Crippen LogP contribution < -0.4 is 0 Å². The lowest BCUT2D eigenvalue weighted by molar-refractivity contribution is 0.660. The van der Waals surface area contributed by atoms with Crippen molar-refractivity contribution in [3.63, 3.8) is 0 Å². The average molecular weight is 178 g/mol. The third-order valence-electron chi connectivity index (χ3n) is 1.69. The number of hydrogen-bond acceptors (Lipinski definition) is 0. The largest absolute Gasteiger partial charge is 0.207 e. The van der Waals surface area contributed by atoms with E-state index in [0.717, 1.165) is 12.0 Å². The lowest BCUT2D eigenvalue weighted by Gasteiger charge is -2.00. The minimum atomic E-state index is -0.545. The third kappa shape index (κ3) is 4.26. The second-order valence-electron chi connectivity index (χ2n) is 2.75. The molecule has 0 aliphatic heterocycles. The molecule has 0 aromatic rings. The summed E-state index contributed by atoms with van der Waals surface area (Å²) in [6.45, 7) is 16.1. The summed E-state index contributed by atoms with van der Waals surface area (Å²) in [6, 6.07) is 0. The Morgan fingerprint density at radius 2 is 1.69 bits per heavy atom. The lowest BCUT2D eigenvalue weighted by Crippen LogP contribution is -1.82. The number of halogens is 1. The predicted octanol–water partition coefficient (Wildman–Crippen LogP) is 4.10. The molecule has 1 heteroatoms. The van der Waals surface area contributed by atoms with E-state index in [1.807, 2.05) is 6.92 Å². The fraction of sp³-hybridized carbons (Fsp3) is 0.167. The van der Waals surface area contributed by atoms with Gasteiger partial charge >= 0.3 is 0 Å². The van der Waals surface area contributed by atoms with Crippen molar-refractivity contribution in [1.82, 2.24) is 0 Å². The van der Waals surface area contributed by atoms with Gasteiger partial charge in [-0.3, -0.25) is 0 Å². The van der Waals surface area contributed by atoms with Gasteiger partial charge in [0.15, 0.2) is 0 Å². The van der Waals surface area contributed by atoms with E-state index in [1.165, 1.54) is 0 Å². The molecule has 0 amide bonds. The summed E-state index contributed by atoms with van der Waals surface area (Å²) in [5, 5.41) is 0. The smallest absolute Gasteiger partial charge is 0.123 e. The molecule has 0 nitrogen and oxygen atoms in total. The van der Waals surface area contributed by atoms with Crippen molar-refractivity contribution in [1.29, 1.82) is 0 Å². The standard InChI is InChI=1S/C12H15F/c1-6-9(2)7-8-10(3)11(4)12(5)13/h7-8H,2-6H2,1H3/b8-7-. The van der Waals surface area contributed by atoms with Crippen LogP contribution in [0.2, 0.25) is 0 Å². The van der Waals surface area contributed by atoms with E-state index in [0.29, 0.717) is 5.57 Å². The molecule has 0 bridgehead atoms. The molecule has 0 saturated heterocycles. The molecule has 0 aromatic carbocycles. The fourth-order valence-corrected chi connectivity index (χ4v) is 0.611. The second kappa shape index (κ2) is 5.31. The van der Waals surface area contributed by atoms with E-state index < -0.39 is 5.83 Å². The fourth-order valence-electron chi connectivity index (χ4n) is 0.611. The van der Waals surface area contributed by atoms with E-state index >= 15 is 0 Å². The van der Waals surface area contributed by atoms with Gasteiger partial charge < -0.3 is 0 Å². The van der Waals surface area contributed by atoms with E-state index in [4.69, 9.17) is 0 Å². The predicted molar refractivity (Wildman–Crippen MR) is 57.1 cm³/mol. The normalized spacial score (nSPS) is 10.0. The molecule has 0 spiro atoms. The van der Waals surface area contributed by atoms with Gasteiger partial charge in [0, 0.05) is 5.57 Å². The van der Waals surface area contributed by atoms with Crippen molar-refractivity contribution in [3.8, 4) is 0 Å². The summed E-state index contributed by atoms with van der Waals surface area (Å²) in [6.07, 6.45) is 4.36. The molecule has 0 aliphatic carbocycles. The van der Waals surface area contributed by atoms with Crippen molar-refractivity contribution < 1.29 is 4.39 Å². The Bertz CT molecular complexity index is 279. The summed E-state index contributed by atoms with van der Waals surface area (Å²) < 4.78 is 12.5. The van der Waals surface area contributed by atoms with Crippen molar-refractivity contribution in [3.05, 3.63) is 61.0 Å². The zero-order chi connectivity index (χ0) is 10.4. The van der Waals surface area contributed by atoms with Gasteiger partial charge in [-0.2, -0.15) is 0 Å². The summed E-state index contributed by atoms with van der Waals surface area (Å²) in [7, 11) is 0.